The van der Waals surface area contributed by atoms with E-state index in [1.165, 1.54) is 0 Å². The van der Waals surface area contributed by atoms with Crippen LogP contribution < -0.4 is 4.74 Å². The topological polar surface area (TPSA) is 42.4 Å². The first-order valence-corrected chi connectivity index (χ1v) is 6.48. The molecule has 0 saturated heterocycles. The third-order valence-electron chi connectivity index (χ3n) is 2.70. The average Bonchev–Trinajstić information content (AvgIpc) is 2.38. The molecule has 0 aliphatic rings. The van der Waals surface area contributed by atoms with Crippen LogP contribution in [0.2, 0.25) is 0 Å². The summed E-state index contributed by atoms with van der Waals surface area (Å²) in [5.74, 6) is 0.830. The molecule has 2 rings (SSSR count). The fourth-order valence-corrected chi connectivity index (χ4v) is 1.85. The van der Waals surface area contributed by atoms with Crippen LogP contribution in [0.5, 0.6) is 5.75 Å². The van der Waals surface area contributed by atoms with Gasteiger partial charge in [0.2, 0.25) is 0 Å². The molecule has 0 fully saturated rings. The number of rotatable bonds is 4. The molecular formula is C16H19NO2. The molecule has 19 heavy (non-hydrogen) atoms. The van der Waals surface area contributed by atoms with Crippen molar-refractivity contribution in [2.24, 2.45) is 0 Å². The van der Waals surface area contributed by atoms with Crippen molar-refractivity contribution in [2.75, 3.05) is 0 Å². The van der Waals surface area contributed by atoms with Gasteiger partial charge >= 0.3 is 0 Å². The van der Waals surface area contributed by atoms with Gasteiger partial charge in [0, 0.05) is 5.56 Å². The van der Waals surface area contributed by atoms with Crippen molar-refractivity contribution in [1.29, 1.82) is 0 Å². The Morgan fingerprint density at radius 1 is 1.05 bits per heavy atom. The zero-order valence-electron chi connectivity index (χ0n) is 11.5. The Labute approximate surface area is 113 Å². The van der Waals surface area contributed by atoms with Crippen molar-refractivity contribution in [2.45, 2.75) is 33.0 Å². The summed E-state index contributed by atoms with van der Waals surface area (Å²) in [6.07, 6.45) is -0.415. The van der Waals surface area contributed by atoms with Crippen molar-refractivity contribution >= 4 is 0 Å². The third kappa shape index (κ3) is 3.55. The minimum atomic E-state index is -0.560. The lowest BCUT2D eigenvalue weighted by molar-refractivity contribution is 0.194. The maximum atomic E-state index is 9.58. The summed E-state index contributed by atoms with van der Waals surface area (Å²) < 4.78 is 5.68. The van der Waals surface area contributed by atoms with Gasteiger partial charge in [0.1, 0.15) is 5.75 Å². The number of benzene rings is 1. The Morgan fingerprint density at radius 3 is 2.47 bits per heavy atom. The quantitative estimate of drug-likeness (QED) is 0.910. The van der Waals surface area contributed by atoms with Crippen LogP contribution in [0, 0.1) is 0 Å². The number of pyridine rings is 1. The van der Waals surface area contributed by atoms with E-state index >= 15 is 0 Å². The molecule has 0 bridgehead atoms. The van der Waals surface area contributed by atoms with E-state index in [0.29, 0.717) is 5.69 Å². The van der Waals surface area contributed by atoms with Gasteiger partial charge in [-0.05, 0) is 45.0 Å². The summed E-state index contributed by atoms with van der Waals surface area (Å²) in [6.45, 7) is 5.71. The van der Waals surface area contributed by atoms with E-state index in [4.69, 9.17) is 4.74 Å². The van der Waals surface area contributed by atoms with Gasteiger partial charge in [-0.3, -0.25) is 4.98 Å². The number of nitrogens with zero attached hydrogens (tertiary/aromatic N) is 1. The zero-order chi connectivity index (χ0) is 13.8. The number of aromatic nitrogens is 1. The van der Waals surface area contributed by atoms with Crippen LogP contribution in [0.15, 0.2) is 42.5 Å². The summed E-state index contributed by atoms with van der Waals surface area (Å²) in [5, 5.41) is 9.58. The van der Waals surface area contributed by atoms with Gasteiger partial charge in [0.05, 0.1) is 23.6 Å². The summed E-state index contributed by atoms with van der Waals surface area (Å²) in [6, 6.07) is 13.5. The molecule has 3 heteroatoms. The number of aliphatic hydroxyl groups excluding tert-OH is 1. The van der Waals surface area contributed by atoms with Crippen LogP contribution in [0.25, 0.3) is 11.3 Å². The van der Waals surface area contributed by atoms with Gasteiger partial charge in [-0.25, -0.2) is 0 Å². The second-order valence-corrected chi connectivity index (χ2v) is 4.82. The molecular weight excluding hydrogens is 238 g/mol. The Bertz CT molecular complexity index is 550. The highest BCUT2D eigenvalue weighted by Crippen LogP contribution is 2.24. The Hall–Kier alpha value is -1.87. The number of aliphatic hydroxyl groups is 1. The Morgan fingerprint density at radius 2 is 1.79 bits per heavy atom. The lowest BCUT2D eigenvalue weighted by Crippen LogP contribution is -2.05. The predicted octanol–water partition coefficient (Wildman–Crippen LogP) is 3.59. The van der Waals surface area contributed by atoms with Gasteiger partial charge in [0.15, 0.2) is 0 Å². The molecule has 1 heterocycles. The summed E-state index contributed by atoms with van der Waals surface area (Å²) in [4.78, 5) is 4.46. The first-order chi connectivity index (χ1) is 9.06. The molecule has 0 saturated carbocycles. The molecule has 0 radical (unpaired) electrons. The first-order valence-electron chi connectivity index (χ1n) is 6.48. The molecule has 0 amide bonds. The molecule has 1 N–H and O–H groups in total. The van der Waals surface area contributed by atoms with Gasteiger partial charge in [-0.1, -0.05) is 18.2 Å². The average molecular weight is 257 g/mol. The zero-order valence-corrected chi connectivity index (χ0v) is 11.5. The van der Waals surface area contributed by atoms with Crippen LogP contribution in [0.1, 0.15) is 32.6 Å². The van der Waals surface area contributed by atoms with Gasteiger partial charge in [-0.15, -0.1) is 0 Å². The van der Waals surface area contributed by atoms with Crippen molar-refractivity contribution in [3.63, 3.8) is 0 Å². The van der Waals surface area contributed by atoms with Crippen molar-refractivity contribution < 1.29 is 9.84 Å². The van der Waals surface area contributed by atoms with Crippen LogP contribution in [0.3, 0.4) is 0 Å². The highest BCUT2D eigenvalue weighted by atomic mass is 16.5. The van der Waals surface area contributed by atoms with E-state index in [2.05, 4.69) is 4.98 Å². The monoisotopic (exact) mass is 257 g/mol. The SMILES string of the molecule is CC(C)Oc1cccc(-c2cccc([C@@H](C)O)n2)c1. The van der Waals surface area contributed by atoms with E-state index < -0.39 is 6.10 Å². The summed E-state index contributed by atoms with van der Waals surface area (Å²) >= 11 is 0. The molecule has 1 atom stereocenters. The third-order valence-corrected chi connectivity index (χ3v) is 2.70. The van der Waals surface area contributed by atoms with Crippen molar-refractivity contribution in [3.8, 4) is 17.0 Å². The highest BCUT2D eigenvalue weighted by Gasteiger charge is 2.06. The normalized spacial score (nSPS) is 12.5. The van der Waals surface area contributed by atoms with E-state index in [1.807, 2.05) is 56.3 Å². The standard InChI is InChI=1S/C16H19NO2/c1-11(2)19-14-7-4-6-13(10-14)16-9-5-8-15(17-16)12(3)18/h4-12,18H,1-3H3/t12-/m1/s1. The lowest BCUT2D eigenvalue weighted by atomic mass is 10.1. The maximum Gasteiger partial charge on any atom is 0.120 e. The molecule has 1 aromatic carbocycles. The van der Waals surface area contributed by atoms with Gasteiger partial charge in [-0.2, -0.15) is 0 Å². The van der Waals surface area contributed by atoms with E-state index in [9.17, 15) is 5.11 Å². The maximum absolute atomic E-state index is 9.58. The van der Waals surface area contributed by atoms with Crippen LogP contribution >= 0.6 is 0 Å². The number of hydrogen-bond acceptors (Lipinski definition) is 3. The molecule has 2 aromatic rings. The Balaban J connectivity index is 2.33. The minimum Gasteiger partial charge on any atom is -0.491 e. The molecule has 0 unspecified atom stereocenters. The first kappa shape index (κ1) is 13.6. The largest absolute Gasteiger partial charge is 0.491 e. The van der Waals surface area contributed by atoms with E-state index in [0.717, 1.165) is 17.0 Å². The molecule has 100 valence electrons. The molecule has 0 spiro atoms. The van der Waals surface area contributed by atoms with E-state index in [1.54, 1.807) is 6.92 Å². The molecule has 1 aromatic heterocycles. The fraction of sp³-hybridized carbons (Fsp3) is 0.312. The smallest absolute Gasteiger partial charge is 0.120 e. The lowest BCUT2D eigenvalue weighted by Gasteiger charge is -2.11. The molecule has 0 aliphatic heterocycles. The summed E-state index contributed by atoms with van der Waals surface area (Å²) in [5.41, 5.74) is 2.50. The second-order valence-electron chi connectivity index (χ2n) is 4.82. The summed E-state index contributed by atoms with van der Waals surface area (Å²) in [7, 11) is 0. The van der Waals surface area contributed by atoms with Gasteiger partial charge < -0.3 is 9.84 Å². The molecule has 0 aliphatic carbocycles. The second kappa shape index (κ2) is 5.85. The predicted molar refractivity (Wildman–Crippen MR) is 76.1 cm³/mol. The van der Waals surface area contributed by atoms with Gasteiger partial charge in [0.25, 0.3) is 0 Å². The number of hydrogen-bond donors (Lipinski definition) is 1. The highest BCUT2D eigenvalue weighted by molar-refractivity contribution is 5.61. The number of ether oxygens (including phenoxy) is 1. The minimum absolute atomic E-state index is 0.145. The fourth-order valence-electron chi connectivity index (χ4n) is 1.85. The van der Waals surface area contributed by atoms with Crippen LogP contribution in [-0.2, 0) is 0 Å². The van der Waals surface area contributed by atoms with E-state index in [-0.39, 0.29) is 6.10 Å². The van der Waals surface area contributed by atoms with Crippen molar-refractivity contribution in [1.82, 2.24) is 4.98 Å². The van der Waals surface area contributed by atoms with Crippen LogP contribution in [0.4, 0.5) is 0 Å². The Kier molecular flexibility index (Phi) is 4.17. The molecule has 3 nitrogen and oxygen atoms in total. The van der Waals surface area contributed by atoms with Crippen LogP contribution in [-0.4, -0.2) is 16.2 Å². The van der Waals surface area contributed by atoms with Crippen molar-refractivity contribution in [3.05, 3.63) is 48.2 Å².